The minimum atomic E-state index is -0.216. The van der Waals surface area contributed by atoms with Gasteiger partial charge in [-0.1, -0.05) is 17.7 Å². The number of anilines is 1. The molecule has 4 heteroatoms. The lowest BCUT2D eigenvalue weighted by Gasteiger charge is -2.13. The van der Waals surface area contributed by atoms with Gasteiger partial charge in [-0.15, -0.1) is 0 Å². The van der Waals surface area contributed by atoms with Gasteiger partial charge < -0.3 is 17.2 Å². The first kappa shape index (κ1) is 10.3. The van der Waals surface area contributed by atoms with Crippen LogP contribution in [-0.2, 0) is 0 Å². The summed E-state index contributed by atoms with van der Waals surface area (Å²) >= 11 is 6.06. The van der Waals surface area contributed by atoms with E-state index < -0.39 is 0 Å². The average Bonchev–Trinajstić information content (AvgIpc) is 2.13. The Bertz CT molecular complexity index is 312. The normalized spacial score (nSPS) is 12.9. The summed E-state index contributed by atoms with van der Waals surface area (Å²) in [6.07, 6.45) is 0. The van der Waals surface area contributed by atoms with Gasteiger partial charge in [0, 0.05) is 18.3 Å². The van der Waals surface area contributed by atoms with Gasteiger partial charge in [0.05, 0.1) is 5.02 Å². The molecule has 72 valence electrons. The van der Waals surface area contributed by atoms with Crippen molar-refractivity contribution in [2.45, 2.75) is 13.0 Å². The minimum Gasteiger partial charge on any atom is -0.398 e. The molecule has 0 saturated carbocycles. The van der Waals surface area contributed by atoms with E-state index in [4.69, 9.17) is 28.8 Å². The van der Waals surface area contributed by atoms with E-state index in [1.807, 2.05) is 13.0 Å². The molecular weight excluding hydrogens is 186 g/mol. The third-order valence-electron chi connectivity index (χ3n) is 2.11. The Morgan fingerprint density at radius 2 is 2.08 bits per heavy atom. The first-order chi connectivity index (χ1) is 6.07. The molecule has 0 spiro atoms. The van der Waals surface area contributed by atoms with Crippen LogP contribution in [0.1, 0.15) is 17.2 Å². The topological polar surface area (TPSA) is 78.1 Å². The predicted molar refractivity (Wildman–Crippen MR) is 56.6 cm³/mol. The Morgan fingerprint density at radius 3 is 2.62 bits per heavy atom. The number of hydrogen-bond donors (Lipinski definition) is 3. The molecule has 13 heavy (non-hydrogen) atoms. The van der Waals surface area contributed by atoms with Crippen molar-refractivity contribution in [3.8, 4) is 0 Å². The van der Waals surface area contributed by atoms with Crippen LogP contribution in [0, 0.1) is 6.92 Å². The summed E-state index contributed by atoms with van der Waals surface area (Å²) in [7, 11) is 0. The van der Waals surface area contributed by atoms with Crippen molar-refractivity contribution >= 4 is 17.3 Å². The number of nitrogens with two attached hydrogens (primary N) is 3. The monoisotopic (exact) mass is 199 g/mol. The molecule has 0 heterocycles. The molecule has 6 N–H and O–H groups in total. The molecule has 0 aliphatic heterocycles. The maximum absolute atomic E-state index is 6.06. The second kappa shape index (κ2) is 3.96. The second-order valence-electron chi connectivity index (χ2n) is 3.03. The number of benzene rings is 1. The van der Waals surface area contributed by atoms with Crippen LogP contribution >= 0.6 is 11.6 Å². The molecule has 0 saturated heterocycles. The van der Waals surface area contributed by atoms with E-state index in [0.29, 0.717) is 17.3 Å². The molecule has 0 radical (unpaired) electrons. The van der Waals surface area contributed by atoms with Gasteiger partial charge in [-0.2, -0.15) is 0 Å². The Labute approximate surface area is 82.8 Å². The highest BCUT2D eigenvalue weighted by molar-refractivity contribution is 6.32. The van der Waals surface area contributed by atoms with Crippen molar-refractivity contribution in [1.82, 2.24) is 0 Å². The first-order valence-electron chi connectivity index (χ1n) is 4.08. The van der Waals surface area contributed by atoms with Crippen molar-refractivity contribution in [2.75, 3.05) is 12.3 Å². The van der Waals surface area contributed by atoms with Crippen LogP contribution in [0.3, 0.4) is 0 Å². The SMILES string of the molecule is Cc1c(N)ccc([C@@H](N)CN)c1Cl. The van der Waals surface area contributed by atoms with E-state index in [9.17, 15) is 0 Å². The van der Waals surface area contributed by atoms with E-state index in [1.165, 1.54) is 0 Å². The summed E-state index contributed by atoms with van der Waals surface area (Å²) in [5, 5.41) is 0.623. The van der Waals surface area contributed by atoms with Crippen LogP contribution in [0.4, 0.5) is 5.69 Å². The summed E-state index contributed by atoms with van der Waals surface area (Å²) in [5.41, 5.74) is 19.3. The van der Waals surface area contributed by atoms with Crippen molar-refractivity contribution in [3.05, 3.63) is 28.3 Å². The van der Waals surface area contributed by atoms with Crippen molar-refractivity contribution in [1.29, 1.82) is 0 Å². The van der Waals surface area contributed by atoms with Gasteiger partial charge in [-0.3, -0.25) is 0 Å². The molecule has 0 aliphatic carbocycles. The molecule has 1 aromatic carbocycles. The lowest BCUT2D eigenvalue weighted by Crippen LogP contribution is -2.21. The van der Waals surface area contributed by atoms with Crippen LogP contribution in [0.25, 0.3) is 0 Å². The fourth-order valence-corrected chi connectivity index (χ4v) is 1.45. The molecule has 0 aromatic heterocycles. The number of hydrogen-bond acceptors (Lipinski definition) is 3. The number of rotatable bonds is 2. The fourth-order valence-electron chi connectivity index (χ4n) is 1.13. The lowest BCUT2D eigenvalue weighted by molar-refractivity contribution is 0.737. The van der Waals surface area contributed by atoms with Crippen molar-refractivity contribution < 1.29 is 0 Å². The molecule has 0 aliphatic rings. The summed E-state index contributed by atoms with van der Waals surface area (Å²) in [5.74, 6) is 0. The maximum atomic E-state index is 6.06. The third kappa shape index (κ3) is 1.94. The largest absolute Gasteiger partial charge is 0.398 e. The molecule has 1 aromatic rings. The summed E-state index contributed by atoms with van der Waals surface area (Å²) < 4.78 is 0. The predicted octanol–water partition coefficient (Wildman–Crippen LogP) is 1.19. The minimum absolute atomic E-state index is 0.216. The fraction of sp³-hybridized carbons (Fsp3) is 0.333. The highest BCUT2D eigenvalue weighted by Gasteiger charge is 2.11. The quantitative estimate of drug-likeness (QED) is 0.627. The Hall–Kier alpha value is -0.770. The van der Waals surface area contributed by atoms with E-state index in [-0.39, 0.29) is 6.04 Å². The molecule has 1 rings (SSSR count). The van der Waals surface area contributed by atoms with E-state index in [1.54, 1.807) is 6.07 Å². The summed E-state index contributed by atoms with van der Waals surface area (Å²) in [4.78, 5) is 0. The van der Waals surface area contributed by atoms with Crippen LogP contribution < -0.4 is 17.2 Å². The molecule has 0 bridgehead atoms. The van der Waals surface area contributed by atoms with Gasteiger partial charge >= 0.3 is 0 Å². The highest BCUT2D eigenvalue weighted by atomic mass is 35.5. The zero-order chi connectivity index (χ0) is 10.0. The summed E-state index contributed by atoms with van der Waals surface area (Å²) in [6.45, 7) is 2.24. The van der Waals surface area contributed by atoms with Gasteiger partial charge in [0.1, 0.15) is 0 Å². The molecule has 0 amide bonds. The highest BCUT2D eigenvalue weighted by Crippen LogP contribution is 2.28. The van der Waals surface area contributed by atoms with Gasteiger partial charge in [0.2, 0.25) is 0 Å². The Morgan fingerprint density at radius 1 is 1.46 bits per heavy atom. The zero-order valence-electron chi connectivity index (χ0n) is 7.55. The molecular formula is C9H14ClN3. The molecule has 1 atom stereocenters. The van der Waals surface area contributed by atoms with E-state index in [2.05, 4.69) is 0 Å². The average molecular weight is 200 g/mol. The standard InChI is InChI=1S/C9H14ClN3/c1-5-7(12)3-2-6(9(5)10)8(13)4-11/h2-3,8H,4,11-13H2,1H3/t8-/m0/s1. The van der Waals surface area contributed by atoms with Gasteiger partial charge in [0.15, 0.2) is 0 Å². The lowest BCUT2D eigenvalue weighted by atomic mass is 10.0. The van der Waals surface area contributed by atoms with Crippen LogP contribution in [0.15, 0.2) is 12.1 Å². The Balaban J connectivity index is 3.18. The second-order valence-corrected chi connectivity index (χ2v) is 3.40. The van der Waals surface area contributed by atoms with Crippen LogP contribution in [-0.4, -0.2) is 6.54 Å². The molecule has 3 nitrogen and oxygen atoms in total. The number of nitrogen functional groups attached to an aromatic ring is 1. The van der Waals surface area contributed by atoms with Crippen molar-refractivity contribution in [3.63, 3.8) is 0 Å². The summed E-state index contributed by atoms with van der Waals surface area (Å²) in [6, 6.07) is 3.40. The van der Waals surface area contributed by atoms with Gasteiger partial charge in [0.25, 0.3) is 0 Å². The Kier molecular flexibility index (Phi) is 3.14. The van der Waals surface area contributed by atoms with E-state index >= 15 is 0 Å². The molecule has 0 unspecified atom stereocenters. The van der Waals surface area contributed by atoms with E-state index in [0.717, 1.165) is 11.1 Å². The van der Waals surface area contributed by atoms with Crippen LogP contribution in [0.2, 0.25) is 5.02 Å². The first-order valence-corrected chi connectivity index (χ1v) is 4.45. The zero-order valence-corrected chi connectivity index (χ0v) is 8.31. The van der Waals surface area contributed by atoms with Crippen LogP contribution in [0.5, 0.6) is 0 Å². The third-order valence-corrected chi connectivity index (χ3v) is 2.61. The molecule has 0 fully saturated rings. The van der Waals surface area contributed by atoms with Gasteiger partial charge in [-0.05, 0) is 24.1 Å². The number of halogens is 1. The maximum Gasteiger partial charge on any atom is 0.0503 e. The van der Waals surface area contributed by atoms with Crippen molar-refractivity contribution in [2.24, 2.45) is 11.5 Å². The smallest absolute Gasteiger partial charge is 0.0503 e. The van der Waals surface area contributed by atoms with Gasteiger partial charge in [-0.25, -0.2) is 0 Å².